The van der Waals surface area contributed by atoms with Crippen LogP contribution in [0.2, 0.25) is 0 Å². The molecule has 5 nitrogen and oxygen atoms in total. The first kappa shape index (κ1) is 14.9. The Morgan fingerprint density at radius 1 is 1.12 bits per heavy atom. The lowest BCUT2D eigenvalue weighted by molar-refractivity contribution is 0.0122. The van der Waals surface area contributed by atoms with E-state index in [1.165, 1.54) is 0 Å². The summed E-state index contributed by atoms with van der Waals surface area (Å²) in [5.41, 5.74) is 0.0386. The molecule has 0 aromatic carbocycles. The third kappa shape index (κ3) is 5.79. The van der Waals surface area contributed by atoms with Crippen LogP contribution in [0.5, 0.6) is 0 Å². The molecule has 0 spiro atoms. The lowest BCUT2D eigenvalue weighted by Crippen LogP contribution is -2.29. The van der Waals surface area contributed by atoms with Crippen molar-refractivity contribution in [1.29, 1.82) is 0 Å². The maximum Gasteiger partial charge on any atom is 0.0701 e. The Morgan fingerprint density at radius 2 is 1.82 bits per heavy atom. The van der Waals surface area contributed by atoms with Crippen molar-refractivity contribution in [2.24, 2.45) is 5.41 Å². The largest absolute Gasteiger partial charge is 0.396 e. The minimum Gasteiger partial charge on any atom is -0.396 e. The molecule has 2 N–H and O–H groups in total. The Morgan fingerprint density at radius 3 is 2.41 bits per heavy atom. The van der Waals surface area contributed by atoms with Crippen molar-refractivity contribution in [3.05, 3.63) is 0 Å². The van der Waals surface area contributed by atoms with E-state index in [4.69, 9.17) is 14.2 Å². The van der Waals surface area contributed by atoms with Crippen molar-refractivity contribution in [3.8, 4) is 0 Å². The van der Waals surface area contributed by atoms with E-state index in [0.717, 1.165) is 25.9 Å². The molecule has 0 aromatic heterocycles. The fraction of sp³-hybridized carbons (Fsp3) is 1.00. The van der Waals surface area contributed by atoms with Crippen LogP contribution in [0, 0.1) is 5.41 Å². The number of methoxy groups -OCH3 is 1. The van der Waals surface area contributed by atoms with Crippen LogP contribution in [0.1, 0.15) is 12.8 Å². The summed E-state index contributed by atoms with van der Waals surface area (Å²) >= 11 is 0. The molecule has 1 saturated heterocycles. The summed E-state index contributed by atoms with van der Waals surface area (Å²) in [5, 5.41) is 12.7. The lowest BCUT2D eigenvalue weighted by atomic mass is 9.85. The van der Waals surface area contributed by atoms with Crippen LogP contribution in [0.4, 0.5) is 0 Å². The highest BCUT2D eigenvalue weighted by atomic mass is 16.5. The van der Waals surface area contributed by atoms with Crippen molar-refractivity contribution < 1.29 is 19.3 Å². The van der Waals surface area contributed by atoms with Crippen molar-refractivity contribution in [1.82, 2.24) is 5.32 Å². The molecular weight excluding hydrogens is 222 g/mol. The summed E-state index contributed by atoms with van der Waals surface area (Å²) in [6, 6.07) is 0. The van der Waals surface area contributed by atoms with Gasteiger partial charge in [-0.3, -0.25) is 0 Å². The zero-order valence-electron chi connectivity index (χ0n) is 10.7. The van der Waals surface area contributed by atoms with E-state index in [9.17, 15) is 5.11 Å². The first-order chi connectivity index (χ1) is 8.33. The lowest BCUT2D eigenvalue weighted by Gasteiger charge is -2.25. The van der Waals surface area contributed by atoms with Gasteiger partial charge in [-0.25, -0.2) is 0 Å². The van der Waals surface area contributed by atoms with E-state index in [-0.39, 0.29) is 12.0 Å². The smallest absolute Gasteiger partial charge is 0.0701 e. The summed E-state index contributed by atoms with van der Waals surface area (Å²) < 4.78 is 15.6. The van der Waals surface area contributed by atoms with Gasteiger partial charge in [0.25, 0.3) is 0 Å². The molecule has 1 atom stereocenters. The summed E-state index contributed by atoms with van der Waals surface area (Å²) in [7, 11) is 1.66. The Hall–Kier alpha value is -0.200. The summed E-state index contributed by atoms with van der Waals surface area (Å²) in [5.74, 6) is 0. The highest BCUT2D eigenvalue weighted by Crippen LogP contribution is 2.28. The molecule has 0 aliphatic carbocycles. The summed E-state index contributed by atoms with van der Waals surface area (Å²) in [6.45, 7) is 5.29. The third-order valence-electron chi connectivity index (χ3n) is 3.25. The molecule has 1 unspecified atom stereocenters. The number of nitrogens with one attached hydrogen (secondary N) is 1. The topological polar surface area (TPSA) is 60.0 Å². The van der Waals surface area contributed by atoms with Gasteiger partial charge in [0.15, 0.2) is 0 Å². The number of hydrogen-bond donors (Lipinski definition) is 2. The summed E-state index contributed by atoms with van der Waals surface area (Å²) in [4.78, 5) is 0. The highest BCUT2D eigenvalue weighted by molar-refractivity contribution is 4.86. The second-order valence-corrected chi connectivity index (χ2v) is 4.55. The van der Waals surface area contributed by atoms with Gasteiger partial charge in [-0.1, -0.05) is 0 Å². The molecule has 1 aliphatic rings. The fourth-order valence-corrected chi connectivity index (χ4v) is 1.98. The van der Waals surface area contributed by atoms with Crippen LogP contribution in [0.3, 0.4) is 0 Å². The predicted molar refractivity (Wildman–Crippen MR) is 65.1 cm³/mol. The van der Waals surface area contributed by atoms with Gasteiger partial charge in [-0.05, 0) is 19.4 Å². The van der Waals surface area contributed by atoms with Gasteiger partial charge in [-0.15, -0.1) is 0 Å². The number of aliphatic hydroxyl groups excluding tert-OH is 1. The van der Waals surface area contributed by atoms with Gasteiger partial charge in [-0.2, -0.15) is 0 Å². The zero-order valence-corrected chi connectivity index (χ0v) is 10.7. The Kier molecular flexibility index (Phi) is 7.72. The van der Waals surface area contributed by atoms with Crippen LogP contribution in [0.15, 0.2) is 0 Å². The van der Waals surface area contributed by atoms with E-state index in [1.54, 1.807) is 7.11 Å². The molecule has 1 heterocycles. The van der Waals surface area contributed by atoms with Gasteiger partial charge in [0.2, 0.25) is 0 Å². The van der Waals surface area contributed by atoms with E-state index in [0.29, 0.717) is 33.0 Å². The molecule has 0 saturated carbocycles. The van der Waals surface area contributed by atoms with Crippen molar-refractivity contribution in [3.63, 3.8) is 0 Å². The fourth-order valence-electron chi connectivity index (χ4n) is 1.98. The SMILES string of the molecule is COCCOCCOCCC1(CO)CCNC1. The molecule has 102 valence electrons. The van der Waals surface area contributed by atoms with Gasteiger partial charge < -0.3 is 24.6 Å². The normalized spacial score (nSPS) is 24.4. The standard InChI is InChI=1S/C12H25NO4/c1-15-6-7-17-9-8-16-5-3-12(11-14)2-4-13-10-12/h13-14H,2-11H2,1H3. The predicted octanol–water partition coefficient (Wildman–Crippen LogP) is 0.0281. The second kappa shape index (κ2) is 8.83. The number of hydrogen-bond acceptors (Lipinski definition) is 5. The number of ether oxygens (including phenoxy) is 3. The van der Waals surface area contributed by atoms with Crippen molar-refractivity contribution in [2.75, 3.05) is 59.8 Å². The monoisotopic (exact) mass is 247 g/mol. The number of rotatable bonds is 10. The molecule has 5 heteroatoms. The molecule has 0 bridgehead atoms. The summed E-state index contributed by atoms with van der Waals surface area (Å²) in [6.07, 6.45) is 1.95. The molecule has 0 radical (unpaired) electrons. The molecule has 1 aliphatic heterocycles. The average molecular weight is 247 g/mol. The minimum atomic E-state index is 0.0386. The molecule has 17 heavy (non-hydrogen) atoms. The van der Waals surface area contributed by atoms with Gasteiger partial charge in [0.1, 0.15) is 0 Å². The maximum atomic E-state index is 9.38. The molecule has 1 fully saturated rings. The van der Waals surface area contributed by atoms with E-state index in [2.05, 4.69) is 5.32 Å². The average Bonchev–Trinajstić information content (AvgIpc) is 2.82. The Labute approximate surface area is 103 Å². The third-order valence-corrected chi connectivity index (χ3v) is 3.25. The Bertz CT molecular complexity index is 183. The van der Waals surface area contributed by atoms with Crippen LogP contribution in [0.25, 0.3) is 0 Å². The van der Waals surface area contributed by atoms with E-state index in [1.807, 2.05) is 0 Å². The zero-order chi connectivity index (χ0) is 12.4. The Balaban J connectivity index is 1.92. The van der Waals surface area contributed by atoms with Crippen molar-refractivity contribution >= 4 is 0 Å². The first-order valence-electron chi connectivity index (χ1n) is 6.29. The molecule has 0 aromatic rings. The van der Waals surface area contributed by atoms with E-state index < -0.39 is 0 Å². The first-order valence-corrected chi connectivity index (χ1v) is 6.29. The van der Waals surface area contributed by atoms with Crippen molar-refractivity contribution in [2.45, 2.75) is 12.8 Å². The minimum absolute atomic E-state index is 0.0386. The maximum absolute atomic E-state index is 9.38. The van der Waals surface area contributed by atoms with E-state index >= 15 is 0 Å². The van der Waals surface area contributed by atoms with Gasteiger partial charge in [0, 0.05) is 25.7 Å². The molecule has 1 rings (SSSR count). The number of aliphatic hydroxyl groups is 1. The van der Waals surface area contributed by atoms with Crippen LogP contribution in [-0.2, 0) is 14.2 Å². The van der Waals surface area contributed by atoms with Gasteiger partial charge >= 0.3 is 0 Å². The molecular formula is C12H25NO4. The van der Waals surface area contributed by atoms with Crippen LogP contribution >= 0.6 is 0 Å². The quantitative estimate of drug-likeness (QED) is 0.533. The second-order valence-electron chi connectivity index (χ2n) is 4.55. The van der Waals surface area contributed by atoms with Crippen LogP contribution < -0.4 is 5.32 Å². The van der Waals surface area contributed by atoms with Gasteiger partial charge in [0.05, 0.1) is 33.0 Å². The van der Waals surface area contributed by atoms with Crippen LogP contribution in [-0.4, -0.2) is 64.9 Å². The highest BCUT2D eigenvalue weighted by Gasteiger charge is 2.32. The molecule has 0 amide bonds.